The van der Waals surface area contributed by atoms with Crippen LogP contribution in [0.4, 0.5) is 13.2 Å². The van der Waals surface area contributed by atoms with Gasteiger partial charge in [-0.1, -0.05) is 12.1 Å². The van der Waals surface area contributed by atoms with Gasteiger partial charge in [0.15, 0.2) is 6.10 Å². The Bertz CT molecular complexity index is 1070. The van der Waals surface area contributed by atoms with Crippen LogP contribution in [0.5, 0.6) is 5.75 Å². The van der Waals surface area contributed by atoms with Crippen LogP contribution in [-0.2, 0) is 11.0 Å². The van der Waals surface area contributed by atoms with E-state index in [4.69, 9.17) is 9.84 Å². The number of hydrogen-bond donors (Lipinski definition) is 2. The Morgan fingerprint density at radius 1 is 1.16 bits per heavy atom. The number of carboxylic acids is 1. The Balaban J connectivity index is 1.94. The fourth-order valence-electron chi connectivity index (χ4n) is 2.95. The van der Waals surface area contributed by atoms with E-state index in [-0.39, 0.29) is 5.56 Å². The molecule has 10 heteroatoms. The highest BCUT2D eigenvalue weighted by atomic mass is 32.2. The third kappa shape index (κ3) is 5.38. The number of ether oxygens (including phenoxy) is 1. The summed E-state index contributed by atoms with van der Waals surface area (Å²) in [6.45, 7) is 4.62. The number of aromatic amines is 1. The van der Waals surface area contributed by atoms with Crippen LogP contribution < -0.4 is 4.74 Å². The minimum atomic E-state index is -4.46. The summed E-state index contributed by atoms with van der Waals surface area (Å²) in [5.41, 5.74) is 1.08. The first-order chi connectivity index (χ1) is 14.6. The molecular formula is C21H20F3N3O3S. The van der Waals surface area contributed by atoms with Crippen molar-refractivity contribution in [2.24, 2.45) is 0 Å². The Morgan fingerprint density at radius 2 is 1.90 bits per heavy atom. The Kier molecular flexibility index (Phi) is 6.59. The lowest BCUT2D eigenvalue weighted by Gasteiger charge is -2.19. The van der Waals surface area contributed by atoms with E-state index in [0.29, 0.717) is 22.6 Å². The van der Waals surface area contributed by atoms with E-state index in [1.54, 1.807) is 31.2 Å². The summed E-state index contributed by atoms with van der Waals surface area (Å²) in [6, 6.07) is 9.40. The molecule has 0 bridgehead atoms. The van der Waals surface area contributed by atoms with E-state index < -0.39 is 29.1 Å². The normalized spacial score (nSPS) is 13.6. The topological polar surface area (TPSA) is 88.1 Å². The second-order valence-electron chi connectivity index (χ2n) is 6.99. The van der Waals surface area contributed by atoms with Crippen LogP contribution in [0.2, 0.25) is 0 Å². The fourth-order valence-corrected chi connectivity index (χ4v) is 4.13. The maximum absolute atomic E-state index is 13.4. The molecule has 0 spiro atoms. The number of benzene rings is 2. The van der Waals surface area contributed by atoms with Gasteiger partial charge in [-0.3, -0.25) is 0 Å². The number of carboxylic acid groups (broad SMARTS) is 1. The van der Waals surface area contributed by atoms with Crippen molar-refractivity contribution in [3.05, 3.63) is 70.5 Å². The predicted octanol–water partition coefficient (Wildman–Crippen LogP) is 5.17. The highest BCUT2D eigenvalue weighted by Crippen LogP contribution is 2.42. The number of nitrogens with zero attached hydrogens (tertiary/aromatic N) is 2. The molecule has 0 aliphatic heterocycles. The molecule has 0 saturated heterocycles. The zero-order valence-corrected chi connectivity index (χ0v) is 17.7. The van der Waals surface area contributed by atoms with E-state index in [2.05, 4.69) is 15.4 Å². The van der Waals surface area contributed by atoms with Gasteiger partial charge in [-0.25, -0.2) is 4.79 Å². The van der Waals surface area contributed by atoms with Gasteiger partial charge in [-0.2, -0.15) is 28.6 Å². The lowest BCUT2D eigenvalue weighted by molar-refractivity contribution is -0.144. The van der Waals surface area contributed by atoms with Gasteiger partial charge < -0.3 is 9.84 Å². The second kappa shape index (κ2) is 9.01. The van der Waals surface area contributed by atoms with Crippen molar-refractivity contribution >= 4 is 17.7 Å². The van der Waals surface area contributed by atoms with Crippen molar-refractivity contribution in [2.45, 2.75) is 43.2 Å². The molecule has 3 aromatic rings. The maximum atomic E-state index is 13.4. The summed E-state index contributed by atoms with van der Waals surface area (Å²) in [6.07, 6.45) is -3.99. The van der Waals surface area contributed by atoms with Crippen LogP contribution in [0.3, 0.4) is 0 Å². The number of thioether (sulfide) groups is 1. The molecule has 1 aromatic heterocycles. The van der Waals surface area contributed by atoms with Crippen molar-refractivity contribution < 1.29 is 27.8 Å². The molecule has 2 atom stereocenters. The second-order valence-corrected chi connectivity index (χ2v) is 8.17. The highest BCUT2D eigenvalue weighted by molar-refractivity contribution is 7.99. The van der Waals surface area contributed by atoms with Crippen LogP contribution >= 0.6 is 11.8 Å². The maximum Gasteiger partial charge on any atom is 0.416 e. The van der Waals surface area contributed by atoms with Crippen molar-refractivity contribution in [3.63, 3.8) is 0 Å². The van der Waals surface area contributed by atoms with E-state index in [0.717, 1.165) is 11.0 Å². The molecule has 6 nitrogen and oxygen atoms in total. The lowest BCUT2D eigenvalue weighted by Crippen LogP contribution is -2.23. The van der Waals surface area contributed by atoms with Gasteiger partial charge in [0.1, 0.15) is 11.4 Å². The van der Waals surface area contributed by atoms with E-state index in [9.17, 15) is 18.0 Å². The molecular weight excluding hydrogens is 431 g/mol. The zero-order valence-electron chi connectivity index (χ0n) is 16.9. The fraction of sp³-hybridized carbons (Fsp3) is 0.286. The predicted molar refractivity (Wildman–Crippen MR) is 109 cm³/mol. The molecule has 31 heavy (non-hydrogen) atoms. The third-order valence-corrected chi connectivity index (χ3v) is 5.90. The molecule has 3 rings (SSSR count). The first-order valence-electron chi connectivity index (χ1n) is 9.26. The number of nitrogens with one attached hydrogen (secondary N) is 1. The van der Waals surface area contributed by atoms with Crippen LogP contribution in [0.1, 0.15) is 40.1 Å². The summed E-state index contributed by atoms with van der Waals surface area (Å²) >= 11 is 1.31. The zero-order chi connectivity index (χ0) is 22.8. The number of hydrogen-bond acceptors (Lipinski definition) is 5. The van der Waals surface area contributed by atoms with E-state index in [1.165, 1.54) is 37.9 Å². The number of aromatic nitrogens is 3. The van der Waals surface area contributed by atoms with Crippen LogP contribution in [-0.4, -0.2) is 32.6 Å². The Labute approximate surface area is 180 Å². The number of H-pyrrole nitrogens is 1. The molecule has 0 amide bonds. The molecule has 0 aliphatic carbocycles. The van der Waals surface area contributed by atoms with Gasteiger partial charge in [0.2, 0.25) is 0 Å². The molecule has 0 radical (unpaired) electrons. The van der Waals surface area contributed by atoms with Gasteiger partial charge in [-0.05, 0) is 61.7 Å². The molecule has 1 heterocycles. The lowest BCUT2D eigenvalue weighted by atomic mass is 10.0. The van der Waals surface area contributed by atoms with Crippen LogP contribution in [0, 0.1) is 13.8 Å². The van der Waals surface area contributed by atoms with Crippen molar-refractivity contribution in [2.75, 3.05) is 0 Å². The molecule has 2 unspecified atom stereocenters. The van der Waals surface area contributed by atoms with Gasteiger partial charge in [0.25, 0.3) is 0 Å². The third-order valence-electron chi connectivity index (χ3n) is 4.62. The van der Waals surface area contributed by atoms with Crippen LogP contribution in [0.25, 0.3) is 0 Å². The first kappa shape index (κ1) is 22.7. The summed E-state index contributed by atoms with van der Waals surface area (Å²) in [4.78, 5) is 11.8. The minimum Gasteiger partial charge on any atom is -0.479 e. The molecule has 0 aliphatic rings. The van der Waals surface area contributed by atoms with Gasteiger partial charge in [0, 0.05) is 4.90 Å². The van der Waals surface area contributed by atoms with E-state index in [1.807, 2.05) is 0 Å². The van der Waals surface area contributed by atoms with E-state index >= 15 is 0 Å². The largest absolute Gasteiger partial charge is 0.479 e. The Hall–Kier alpha value is -3.01. The number of rotatable bonds is 7. The molecule has 164 valence electrons. The summed E-state index contributed by atoms with van der Waals surface area (Å²) in [7, 11) is 0. The molecule has 0 fully saturated rings. The van der Waals surface area contributed by atoms with Crippen molar-refractivity contribution in [1.82, 2.24) is 15.4 Å². The smallest absolute Gasteiger partial charge is 0.416 e. The number of halogens is 3. The SMILES string of the molecule is Cc1cc(SC(c2ccc(C)c(C(F)(F)F)c2)c2cn[nH]n2)ccc1OC(C)C(=O)O. The van der Waals surface area contributed by atoms with Crippen LogP contribution in [0.15, 0.2) is 47.5 Å². The minimum absolute atomic E-state index is 0.144. The number of alkyl halides is 3. The molecule has 2 aromatic carbocycles. The quantitative estimate of drug-likeness (QED) is 0.482. The van der Waals surface area contributed by atoms with Crippen molar-refractivity contribution in [3.8, 4) is 5.75 Å². The summed E-state index contributed by atoms with van der Waals surface area (Å²) < 4.78 is 45.7. The summed E-state index contributed by atoms with van der Waals surface area (Å²) in [5.74, 6) is -0.657. The molecule has 2 N–H and O–H groups in total. The average Bonchev–Trinajstić information content (AvgIpc) is 3.22. The number of aliphatic carboxylic acids is 1. The van der Waals surface area contributed by atoms with Gasteiger partial charge in [0.05, 0.1) is 17.0 Å². The standard InChI is InChI=1S/C21H20F3N3O3S/c1-11-4-5-14(9-16(11)21(22,23)24)19(17-10-25-27-26-17)31-15-6-7-18(12(2)8-15)30-13(3)20(28)29/h4-10,13,19H,1-3H3,(H,28,29)(H,25,26,27). The first-order valence-corrected chi connectivity index (χ1v) is 10.1. The van der Waals surface area contributed by atoms with Crippen molar-refractivity contribution in [1.29, 1.82) is 0 Å². The number of carbonyl (C=O) groups is 1. The monoisotopic (exact) mass is 451 g/mol. The highest BCUT2D eigenvalue weighted by Gasteiger charge is 2.33. The van der Waals surface area contributed by atoms with Gasteiger partial charge in [-0.15, -0.1) is 11.8 Å². The molecule has 0 saturated carbocycles. The Morgan fingerprint density at radius 3 is 2.48 bits per heavy atom. The summed E-state index contributed by atoms with van der Waals surface area (Å²) in [5, 5.41) is 18.8. The average molecular weight is 451 g/mol. The number of aryl methyl sites for hydroxylation is 2. The van der Waals surface area contributed by atoms with Gasteiger partial charge >= 0.3 is 12.1 Å².